The number of rotatable bonds is 8. The Morgan fingerprint density at radius 1 is 1.18 bits per heavy atom. The van der Waals surface area contributed by atoms with Crippen molar-refractivity contribution in [2.75, 3.05) is 20.0 Å². The zero-order chi connectivity index (χ0) is 24.6. The van der Waals surface area contributed by atoms with Crippen molar-refractivity contribution in [3.05, 3.63) is 50.7 Å². The van der Waals surface area contributed by atoms with E-state index in [1.165, 1.54) is 5.56 Å². The number of nitrogens with one attached hydrogen (secondary N) is 1. The standard InChI is InChI=1S/C26H34N2O5Si/c1-16-14-27-24-22(16)23(20-9-10-21-19(17(20)2)8-7-11-32-21)26(18(3)25(24)28(29)30)33-15-31-12-13-34(4,5)6/h9-10,14,27H,7-8,11-13,15H2,1-6H3. The molecule has 0 aliphatic carbocycles. The largest absolute Gasteiger partial charge is 0.493 e. The number of benzene rings is 2. The van der Waals surface area contributed by atoms with Gasteiger partial charge in [-0.2, -0.15) is 0 Å². The molecule has 1 aliphatic rings. The van der Waals surface area contributed by atoms with E-state index in [1.54, 1.807) is 6.92 Å². The molecule has 0 unspecified atom stereocenters. The van der Waals surface area contributed by atoms with Crippen molar-refractivity contribution in [1.82, 2.24) is 4.98 Å². The fourth-order valence-electron chi connectivity index (χ4n) is 4.71. The third-order valence-electron chi connectivity index (χ3n) is 6.61. The molecule has 1 aliphatic heterocycles. The molecule has 3 aromatic rings. The maximum atomic E-state index is 12.1. The quantitative estimate of drug-likeness (QED) is 0.127. The van der Waals surface area contributed by atoms with E-state index in [0.717, 1.165) is 58.9 Å². The van der Waals surface area contributed by atoms with Gasteiger partial charge in [-0.1, -0.05) is 25.7 Å². The summed E-state index contributed by atoms with van der Waals surface area (Å²) in [5, 5.41) is 12.9. The SMILES string of the molecule is Cc1c(-c2c(OCOCC[Si](C)(C)C)c(C)c([N+](=O)[O-])c3[nH]cc(C)c23)ccc2c1CCCO2. The average Bonchev–Trinajstić information content (AvgIpc) is 3.14. The molecule has 2 aromatic carbocycles. The molecule has 0 fully saturated rings. The highest BCUT2D eigenvalue weighted by Gasteiger charge is 2.30. The first-order valence-electron chi connectivity index (χ1n) is 11.8. The molecule has 0 bridgehead atoms. The first kappa shape index (κ1) is 24.3. The Hall–Kier alpha value is -2.84. The molecule has 1 aromatic heterocycles. The van der Waals surface area contributed by atoms with Gasteiger partial charge in [0.2, 0.25) is 0 Å². The van der Waals surface area contributed by atoms with Gasteiger partial charge in [-0.15, -0.1) is 0 Å². The second-order valence-corrected chi connectivity index (χ2v) is 15.9. The lowest BCUT2D eigenvalue weighted by molar-refractivity contribution is -0.383. The molecule has 0 atom stereocenters. The Labute approximate surface area is 201 Å². The Morgan fingerprint density at radius 2 is 1.94 bits per heavy atom. The summed E-state index contributed by atoms with van der Waals surface area (Å²) >= 11 is 0. The van der Waals surface area contributed by atoms with Crippen molar-refractivity contribution in [3.8, 4) is 22.6 Å². The maximum Gasteiger partial charge on any atom is 0.299 e. The molecule has 8 heteroatoms. The molecule has 0 amide bonds. The summed E-state index contributed by atoms with van der Waals surface area (Å²) in [6.45, 7) is 14.1. The van der Waals surface area contributed by atoms with Gasteiger partial charge in [-0.25, -0.2) is 0 Å². The molecule has 7 nitrogen and oxygen atoms in total. The minimum absolute atomic E-state index is 0.0443. The summed E-state index contributed by atoms with van der Waals surface area (Å²) in [7, 11) is -1.23. The predicted octanol–water partition coefficient (Wildman–Crippen LogP) is 6.68. The fourth-order valence-corrected chi connectivity index (χ4v) is 5.47. The Kier molecular flexibility index (Phi) is 6.73. The van der Waals surface area contributed by atoms with E-state index in [1.807, 2.05) is 25.3 Å². The third kappa shape index (κ3) is 4.57. The van der Waals surface area contributed by atoms with Crippen LogP contribution in [0.1, 0.15) is 28.7 Å². The lowest BCUT2D eigenvalue weighted by Gasteiger charge is -2.23. The van der Waals surface area contributed by atoms with Gasteiger partial charge < -0.3 is 19.2 Å². The number of hydrogen-bond acceptors (Lipinski definition) is 5. The van der Waals surface area contributed by atoms with Gasteiger partial charge in [0.05, 0.1) is 17.1 Å². The molecule has 0 radical (unpaired) electrons. The average molecular weight is 483 g/mol. The summed E-state index contributed by atoms with van der Waals surface area (Å²) in [6, 6.07) is 5.09. The topological polar surface area (TPSA) is 86.6 Å². The maximum absolute atomic E-state index is 12.1. The molecule has 4 rings (SSSR count). The Bertz CT molecular complexity index is 1240. The molecule has 34 heavy (non-hydrogen) atoms. The van der Waals surface area contributed by atoms with Crippen LogP contribution >= 0.6 is 0 Å². The fraction of sp³-hybridized carbons (Fsp3) is 0.462. The third-order valence-corrected chi connectivity index (χ3v) is 8.31. The van der Waals surface area contributed by atoms with E-state index in [4.69, 9.17) is 14.2 Å². The van der Waals surface area contributed by atoms with Crippen LogP contribution in [0.3, 0.4) is 0 Å². The highest BCUT2D eigenvalue weighted by Crippen LogP contribution is 2.48. The summed E-state index contributed by atoms with van der Waals surface area (Å²) < 4.78 is 17.9. The van der Waals surface area contributed by atoms with Crippen molar-refractivity contribution in [3.63, 3.8) is 0 Å². The second-order valence-electron chi connectivity index (χ2n) is 10.3. The van der Waals surface area contributed by atoms with Crippen LogP contribution in [0.25, 0.3) is 22.0 Å². The second kappa shape index (κ2) is 9.42. The van der Waals surface area contributed by atoms with Crippen LogP contribution in [-0.4, -0.2) is 38.0 Å². The van der Waals surface area contributed by atoms with Gasteiger partial charge in [-0.05, 0) is 68.0 Å². The van der Waals surface area contributed by atoms with Crippen molar-refractivity contribution in [1.29, 1.82) is 0 Å². The van der Waals surface area contributed by atoms with Gasteiger partial charge in [0, 0.05) is 31.8 Å². The monoisotopic (exact) mass is 482 g/mol. The predicted molar refractivity (Wildman–Crippen MR) is 138 cm³/mol. The van der Waals surface area contributed by atoms with Crippen LogP contribution in [-0.2, 0) is 11.2 Å². The van der Waals surface area contributed by atoms with Gasteiger partial charge in [0.15, 0.2) is 6.79 Å². The number of ether oxygens (including phenoxy) is 3. The number of nitro benzene ring substituents is 1. The van der Waals surface area contributed by atoms with E-state index in [2.05, 4.69) is 31.5 Å². The van der Waals surface area contributed by atoms with Gasteiger partial charge >= 0.3 is 0 Å². The summed E-state index contributed by atoms with van der Waals surface area (Å²) in [5.41, 5.74) is 6.19. The number of aryl methyl sites for hydroxylation is 1. The number of fused-ring (bicyclic) bond motifs is 2. The number of H-pyrrole nitrogens is 1. The van der Waals surface area contributed by atoms with Crippen LogP contribution < -0.4 is 9.47 Å². The molecule has 0 saturated heterocycles. The highest BCUT2D eigenvalue weighted by atomic mass is 28.3. The highest BCUT2D eigenvalue weighted by molar-refractivity contribution is 6.76. The van der Waals surface area contributed by atoms with Crippen LogP contribution in [0.15, 0.2) is 18.3 Å². The van der Waals surface area contributed by atoms with E-state index < -0.39 is 8.07 Å². The lowest BCUT2D eigenvalue weighted by atomic mass is 9.88. The van der Waals surface area contributed by atoms with Crippen molar-refractivity contribution >= 4 is 24.7 Å². The Balaban J connectivity index is 1.86. The van der Waals surface area contributed by atoms with Crippen LogP contribution in [0.2, 0.25) is 25.7 Å². The first-order valence-corrected chi connectivity index (χ1v) is 15.6. The number of aromatic nitrogens is 1. The zero-order valence-electron chi connectivity index (χ0n) is 21.0. The number of hydrogen-bond donors (Lipinski definition) is 1. The van der Waals surface area contributed by atoms with Gasteiger partial charge in [-0.3, -0.25) is 10.1 Å². The normalized spacial score (nSPS) is 13.6. The molecule has 182 valence electrons. The molecule has 1 N–H and O–H groups in total. The summed E-state index contributed by atoms with van der Waals surface area (Å²) in [6.07, 6.45) is 3.75. The van der Waals surface area contributed by atoms with Crippen molar-refractivity contribution in [2.24, 2.45) is 0 Å². The van der Waals surface area contributed by atoms with Gasteiger partial charge in [0.25, 0.3) is 5.69 Å². The lowest BCUT2D eigenvalue weighted by Crippen LogP contribution is -2.22. The molecular formula is C26H34N2O5Si. The Morgan fingerprint density at radius 3 is 2.65 bits per heavy atom. The first-order chi connectivity index (χ1) is 16.1. The van der Waals surface area contributed by atoms with E-state index >= 15 is 0 Å². The molecular weight excluding hydrogens is 448 g/mol. The zero-order valence-corrected chi connectivity index (χ0v) is 22.0. The minimum atomic E-state index is -1.23. The van der Waals surface area contributed by atoms with Crippen LogP contribution in [0.5, 0.6) is 11.5 Å². The minimum Gasteiger partial charge on any atom is -0.493 e. The van der Waals surface area contributed by atoms with E-state index in [0.29, 0.717) is 23.4 Å². The van der Waals surface area contributed by atoms with Crippen LogP contribution in [0, 0.1) is 30.9 Å². The van der Waals surface area contributed by atoms with E-state index in [-0.39, 0.29) is 17.4 Å². The van der Waals surface area contributed by atoms with Crippen molar-refractivity contribution < 1.29 is 19.1 Å². The van der Waals surface area contributed by atoms with Gasteiger partial charge in [0.1, 0.15) is 17.0 Å². The molecule has 0 saturated carbocycles. The number of nitro groups is 1. The van der Waals surface area contributed by atoms with E-state index in [9.17, 15) is 10.1 Å². The molecule has 0 spiro atoms. The smallest absolute Gasteiger partial charge is 0.299 e. The molecule has 2 heterocycles. The summed E-state index contributed by atoms with van der Waals surface area (Å²) in [5.74, 6) is 1.43. The van der Waals surface area contributed by atoms with Crippen molar-refractivity contribution in [2.45, 2.75) is 59.3 Å². The number of aromatic amines is 1. The van der Waals surface area contributed by atoms with Crippen LogP contribution in [0.4, 0.5) is 5.69 Å². The number of nitrogens with zero attached hydrogens (tertiary/aromatic N) is 1. The summed E-state index contributed by atoms with van der Waals surface area (Å²) in [4.78, 5) is 14.9.